The topological polar surface area (TPSA) is 33.2 Å². The Bertz CT molecular complexity index is 787. The number of hydrogen-bond donors (Lipinski definition) is 0. The number of anilines is 1. The molecule has 2 aliphatic rings. The van der Waals surface area contributed by atoms with Crippen molar-refractivity contribution >= 4 is 23.3 Å². The molecule has 2 aromatic rings. The second-order valence-electron chi connectivity index (χ2n) is 6.70. The van der Waals surface area contributed by atoms with Crippen LogP contribution in [-0.2, 0) is 37.0 Å². The maximum atomic E-state index is 12.4. The van der Waals surface area contributed by atoms with Gasteiger partial charge in [-0.15, -0.1) is 11.6 Å². The van der Waals surface area contributed by atoms with Crippen LogP contribution < -0.4 is 4.90 Å². The highest BCUT2D eigenvalue weighted by molar-refractivity contribution is 6.29. The van der Waals surface area contributed by atoms with Crippen molar-refractivity contribution in [1.82, 2.24) is 4.98 Å². The number of aryl methyl sites for hydroxylation is 4. The molecule has 0 saturated carbocycles. The van der Waals surface area contributed by atoms with E-state index in [4.69, 9.17) is 16.6 Å². The molecule has 0 aliphatic heterocycles. The van der Waals surface area contributed by atoms with Gasteiger partial charge in [0, 0.05) is 5.69 Å². The third-order valence-corrected chi connectivity index (χ3v) is 5.34. The number of nitrogens with zero attached hydrogens (tertiary/aromatic N) is 2. The molecule has 0 radical (unpaired) electrons. The predicted octanol–water partition coefficient (Wildman–Crippen LogP) is 3.83. The zero-order valence-corrected chi connectivity index (χ0v) is 14.5. The van der Waals surface area contributed by atoms with Crippen molar-refractivity contribution in [1.29, 1.82) is 0 Å². The van der Waals surface area contributed by atoms with Gasteiger partial charge in [0.15, 0.2) is 0 Å². The molecule has 2 aliphatic carbocycles. The van der Waals surface area contributed by atoms with E-state index in [2.05, 4.69) is 24.3 Å². The molecule has 0 unspecified atom stereocenters. The summed E-state index contributed by atoms with van der Waals surface area (Å²) in [5, 5.41) is 0. The monoisotopic (exact) mass is 340 g/mol. The number of alkyl halides is 1. The standard InChI is InChI=1S/C20H21ClN2O/c21-12-20(24)23(19-10-9-16-4-2-6-18(16)22-19)13-14-7-8-15-3-1-5-17(15)11-14/h7-11H,1-6,12-13H2. The maximum absolute atomic E-state index is 12.4. The lowest BCUT2D eigenvalue weighted by molar-refractivity contribution is -0.116. The Balaban J connectivity index is 1.63. The van der Waals surface area contributed by atoms with Crippen molar-refractivity contribution in [3.05, 3.63) is 58.3 Å². The van der Waals surface area contributed by atoms with E-state index in [1.54, 1.807) is 4.90 Å². The first-order valence-electron chi connectivity index (χ1n) is 8.70. The van der Waals surface area contributed by atoms with Gasteiger partial charge >= 0.3 is 0 Å². The number of fused-ring (bicyclic) bond motifs is 2. The number of carbonyl (C=O) groups excluding carboxylic acids is 1. The minimum absolute atomic E-state index is 0.0241. The van der Waals surface area contributed by atoms with E-state index in [1.165, 1.54) is 29.5 Å². The average molecular weight is 341 g/mol. The van der Waals surface area contributed by atoms with Crippen LogP contribution in [0.15, 0.2) is 30.3 Å². The predicted molar refractivity (Wildman–Crippen MR) is 96.6 cm³/mol. The number of aromatic nitrogens is 1. The lowest BCUT2D eigenvalue weighted by Crippen LogP contribution is -2.32. The van der Waals surface area contributed by atoms with Crippen molar-refractivity contribution < 1.29 is 4.79 Å². The lowest BCUT2D eigenvalue weighted by Gasteiger charge is -2.22. The molecule has 4 heteroatoms. The fraction of sp³-hybridized carbons (Fsp3) is 0.400. The third-order valence-electron chi connectivity index (χ3n) is 5.11. The molecule has 0 saturated heterocycles. The van der Waals surface area contributed by atoms with Gasteiger partial charge in [0.05, 0.1) is 6.54 Å². The van der Waals surface area contributed by atoms with Crippen LogP contribution in [0.1, 0.15) is 40.8 Å². The van der Waals surface area contributed by atoms with Crippen LogP contribution in [0, 0.1) is 0 Å². The van der Waals surface area contributed by atoms with E-state index in [0.29, 0.717) is 6.54 Å². The molecule has 3 nitrogen and oxygen atoms in total. The normalized spacial score (nSPS) is 15.2. The molecule has 0 N–H and O–H groups in total. The smallest absolute Gasteiger partial charge is 0.243 e. The molecular weight excluding hydrogens is 320 g/mol. The molecule has 1 heterocycles. The second kappa shape index (κ2) is 6.56. The molecule has 0 spiro atoms. The molecule has 4 rings (SSSR count). The van der Waals surface area contributed by atoms with Gasteiger partial charge in [-0.2, -0.15) is 0 Å². The Labute approximate surface area is 147 Å². The van der Waals surface area contributed by atoms with Crippen LogP contribution in [0.25, 0.3) is 0 Å². The Morgan fingerprint density at radius 1 is 1.00 bits per heavy atom. The van der Waals surface area contributed by atoms with E-state index >= 15 is 0 Å². The van der Waals surface area contributed by atoms with Crippen molar-refractivity contribution in [2.24, 2.45) is 0 Å². The Morgan fingerprint density at radius 2 is 1.75 bits per heavy atom. The van der Waals surface area contributed by atoms with Gasteiger partial charge < -0.3 is 0 Å². The van der Waals surface area contributed by atoms with Gasteiger partial charge in [-0.25, -0.2) is 4.98 Å². The first kappa shape index (κ1) is 15.6. The van der Waals surface area contributed by atoms with Gasteiger partial charge in [0.25, 0.3) is 0 Å². The van der Waals surface area contributed by atoms with Crippen molar-refractivity contribution in [2.45, 2.75) is 45.1 Å². The summed E-state index contributed by atoms with van der Waals surface area (Å²) >= 11 is 5.85. The van der Waals surface area contributed by atoms with Gasteiger partial charge in [-0.1, -0.05) is 24.3 Å². The number of rotatable bonds is 4. The van der Waals surface area contributed by atoms with Crippen LogP contribution >= 0.6 is 11.6 Å². The highest BCUT2D eigenvalue weighted by Crippen LogP contribution is 2.26. The lowest BCUT2D eigenvalue weighted by atomic mass is 10.1. The van der Waals surface area contributed by atoms with Crippen LogP contribution in [-0.4, -0.2) is 16.8 Å². The molecule has 0 bridgehead atoms. The first-order valence-corrected chi connectivity index (χ1v) is 9.24. The number of carbonyl (C=O) groups is 1. The van der Waals surface area contributed by atoms with E-state index in [1.807, 2.05) is 6.07 Å². The van der Waals surface area contributed by atoms with Gasteiger partial charge in [-0.3, -0.25) is 9.69 Å². The number of halogens is 1. The largest absolute Gasteiger partial charge is 0.291 e. The van der Waals surface area contributed by atoms with Crippen molar-refractivity contribution in [3.63, 3.8) is 0 Å². The number of benzene rings is 1. The zero-order chi connectivity index (χ0) is 16.5. The van der Waals surface area contributed by atoms with Crippen molar-refractivity contribution in [2.75, 3.05) is 10.8 Å². The average Bonchev–Trinajstić information content (AvgIpc) is 3.26. The Morgan fingerprint density at radius 3 is 2.62 bits per heavy atom. The van der Waals surface area contributed by atoms with Crippen LogP contribution in [0.4, 0.5) is 5.82 Å². The summed E-state index contributed by atoms with van der Waals surface area (Å²) in [6.45, 7) is 0.532. The van der Waals surface area contributed by atoms with Crippen LogP contribution in [0.2, 0.25) is 0 Å². The summed E-state index contributed by atoms with van der Waals surface area (Å²) in [5.41, 5.74) is 6.47. The number of amides is 1. The minimum Gasteiger partial charge on any atom is -0.291 e. The summed E-state index contributed by atoms with van der Waals surface area (Å²) < 4.78 is 0. The summed E-state index contributed by atoms with van der Waals surface area (Å²) in [5.74, 6) is 0.605. The summed E-state index contributed by atoms with van der Waals surface area (Å²) in [4.78, 5) is 18.9. The van der Waals surface area contributed by atoms with E-state index in [0.717, 1.165) is 42.8 Å². The molecule has 0 fully saturated rings. The molecule has 124 valence electrons. The minimum atomic E-state index is -0.0948. The molecular formula is C20H21ClN2O. The van der Waals surface area contributed by atoms with Crippen LogP contribution in [0.5, 0.6) is 0 Å². The summed E-state index contributed by atoms with van der Waals surface area (Å²) in [7, 11) is 0. The molecule has 0 atom stereocenters. The van der Waals surface area contributed by atoms with Crippen molar-refractivity contribution in [3.8, 4) is 0 Å². The second-order valence-corrected chi connectivity index (χ2v) is 6.97. The zero-order valence-electron chi connectivity index (χ0n) is 13.7. The SMILES string of the molecule is O=C(CCl)N(Cc1ccc2c(c1)CCC2)c1ccc2c(n1)CCC2. The van der Waals surface area contributed by atoms with Gasteiger partial charge in [-0.05, 0) is 66.8 Å². The van der Waals surface area contributed by atoms with Crippen LogP contribution in [0.3, 0.4) is 0 Å². The summed E-state index contributed by atoms with van der Waals surface area (Å²) in [6, 6.07) is 10.7. The summed E-state index contributed by atoms with van der Waals surface area (Å²) in [6.07, 6.45) is 6.80. The third kappa shape index (κ3) is 2.93. The highest BCUT2D eigenvalue weighted by atomic mass is 35.5. The first-order chi connectivity index (χ1) is 11.7. The van der Waals surface area contributed by atoms with E-state index in [-0.39, 0.29) is 11.8 Å². The maximum Gasteiger partial charge on any atom is 0.243 e. The fourth-order valence-corrected chi connectivity index (χ4v) is 3.98. The quantitative estimate of drug-likeness (QED) is 0.792. The molecule has 1 amide bonds. The highest BCUT2D eigenvalue weighted by Gasteiger charge is 2.21. The molecule has 1 aromatic carbocycles. The van der Waals surface area contributed by atoms with Gasteiger partial charge in [0.2, 0.25) is 5.91 Å². The number of pyridine rings is 1. The fourth-order valence-electron chi connectivity index (χ4n) is 3.83. The van der Waals surface area contributed by atoms with E-state index in [9.17, 15) is 4.79 Å². The number of hydrogen-bond acceptors (Lipinski definition) is 2. The molecule has 24 heavy (non-hydrogen) atoms. The Hall–Kier alpha value is -1.87. The Kier molecular flexibility index (Phi) is 4.28. The molecule has 1 aromatic heterocycles. The van der Waals surface area contributed by atoms with E-state index < -0.39 is 0 Å². The van der Waals surface area contributed by atoms with Gasteiger partial charge in [0.1, 0.15) is 11.7 Å².